The number of H-pyrrole nitrogens is 1. The van der Waals surface area contributed by atoms with Gasteiger partial charge in [0.25, 0.3) is 0 Å². The van der Waals surface area contributed by atoms with E-state index < -0.39 is 0 Å². The summed E-state index contributed by atoms with van der Waals surface area (Å²) in [4.78, 5) is 12.2. The van der Waals surface area contributed by atoms with Crippen LogP contribution in [0.1, 0.15) is 11.3 Å². The third kappa shape index (κ3) is 2.08. The normalized spacial score (nSPS) is 11.4. The van der Waals surface area contributed by atoms with E-state index in [0.717, 1.165) is 11.3 Å². The molecule has 3 rings (SSSR count). The van der Waals surface area contributed by atoms with Crippen molar-refractivity contribution in [3.63, 3.8) is 0 Å². The lowest BCUT2D eigenvalue weighted by molar-refractivity contribution is -0.590. The molecule has 2 heterocycles. The summed E-state index contributed by atoms with van der Waals surface area (Å²) < 4.78 is 3.26. The molecule has 0 spiro atoms. The van der Waals surface area contributed by atoms with Crippen molar-refractivity contribution < 1.29 is 4.52 Å². The van der Waals surface area contributed by atoms with E-state index in [-0.39, 0.29) is 5.56 Å². The van der Waals surface area contributed by atoms with Gasteiger partial charge in [0.15, 0.2) is 0 Å². The van der Waals surface area contributed by atoms with Crippen molar-refractivity contribution in [3.8, 4) is 0 Å². The van der Waals surface area contributed by atoms with Crippen LogP contribution in [0.2, 0.25) is 0 Å². The van der Waals surface area contributed by atoms with Gasteiger partial charge in [-0.1, -0.05) is 46.3 Å². The van der Waals surface area contributed by atoms with Crippen LogP contribution >= 0.6 is 0 Å². The zero-order valence-corrected chi connectivity index (χ0v) is 10.6. The maximum absolute atomic E-state index is 12.2. The van der Waals surface area contributed by atoms with Gasteiger partial charge < -0.3 is 0 Å². The Labute approximate surface area is 110 Å². The average Bonchev–Trinajstić information content (AvgIpc) is 2.77. The number of nitrogens with zero attached hydrogens (tertiary/aromatic N) is 2. The minimum atomic E-state index is -0.0594. The van der Waals surface area contributed by atoms with Crippen LogP contribution in [-0.2, 0) is 0 Å². The lowest BCUT2D eigenvalue weighted by atomic mass is 10.2. The summed E-state index contributed by atoms with van der Waals surface area (Å²) in [5, 5.41) is 3.04. The first kappa shape index (κ1) is 11.5. The lowest BCUT2D eigenvalue weighted by Gasteiger charge is -1.89. The van der Waals surface area contributed by atoms with Crippen LogP contribution < -0.4 is 10.1 Å². The van der Waals surface area contributed by atoms with Crippen LogP contribution in [0.3, 0.4) is 0 Å². The number of aromatic amines is 1. The number of fused-ring (bicyclic) bond motifs is 1. The second-order valence-electron chi connectivity index (χ2n) is 4.39. The maximum Gasteiger partial charge on any atom is 0.405 e. The van der Waals surface area contributed by atoms with Crippen molar-refractivity contribution in [2.24, 2.45) is 0 Å². The molecule has 0 aliphatic rings. The van der Waals surface area contributed by atoms with Crippen LogP contribution in [0.5, 0.6) is 0 Å². The smallest absolute Gasteiger partial charge is 0.234 e. The predicted octanol–water partition coefficient (Wildman–Crippen LogP) is 1.85. The van der Waals surface area contributed by atoms with Gasteiger partial charge in [0.05, 0.1) is 0 Å². The minimum absolute atomic E-state index is 0.0594. The standard InChI is InChI=1S/C15H13N3O/c1-12-6-5-9-14-15(19)17(16-18(12)14)11-10-13-7-3-2-4-8-13/h2-11H,1H3/p+1/b11-10+. The Balaban J connectivity index is 2.07. The molecule has 0 aliphatic carbocycles. The molecule has 1 aromatic carbocycles. The van der Waals surface area contributed by atoms with Gasteiger partial charge >= 0.3 is 5.56 Å². The lowest BCUT2D eigenvalue weighted by Crippen LogP contribution is -2.28. The molecule has 0 saturated carbocycles. The molecule has 0 atom stereocenters. The Morgan fingerprint density at radius 1 is 1.11 bits per heavy atom. The summed E-state index contributed by atoms with van der Waals surface area (Å²) >= 11 is 0. The van der Waals surface area contributed by atoms with Crippen molar-refractivity contribution in [1.29, 1.82) is 0 Å². The summed E-state index contributed by atoms with van der Waals surface area (Å²) in [6.45, 7) is 1.95. The molecule has 0 aliphatic heterocycles. The zero-order chi connectivity index (χ0) is 13.2. The number of aromatic nitrogens is 3. The summed E-state index contributed by atoms with van der Waals surface area (Å²) in [5.74, 6) is 0. The van der Waals surface area contributed by atoms with E-state index >= 15 is 0 Å². The van der Waals surface area contributed by atoms with E-state index in [0.29, 0.717) is 5.52 Å². The fourth-order valence-corrected chi connectivity index (χ4v) is 2.02. The third-order valence-corrected chi connectivity index (χ3v) is 3.05. The van der Waals surface area contributed by atoms with Gasteiger partial charge in [-0.3, -0.25) is 0 Å². The maximum atomic E-state index is 12.2. The highest BCUT2D eigenvalue weighted by molar-refractivity contribution is 5.60. The highest BCUT2D eigenvalue weighted by atomic mass is 16.1. The summed E-state index contributed by atoms with van der Waals surface area (Å²) in [5.41, 5.74) is 2.62. The van der Waals surface area contributed by atoms with Gasteiger partial charge in [-0.2, -0.15) is 0 Å². The molecule has 0 amide bonds. The molecule has 0 radical (unpaired) electrons. The summed E-state index contributed by atoms with van der Waals surface area (Å²) in [6, 6.07) is 15.5. The van der Waals surface area contributed by atoms with Gasteiger partial charge in [0, 0.05) is 6.92 Å². The number of benzene rings is 1. The van der Waals surface area contributed by atoms with Crippen LogP contribution in [0.4, 0.5) is 0 Å². The summed E-state index contributed by atoms with van der Waals surface area (Å²) in [7, 11) is 0. The molecule has 94 valence electrons. The van der Waals surface area contributed by atoms with Crippen LogP contribution in [0.25, 0.3) is 17.8 Å². The first-order chi connectivity index (χ1) is 9.25. The van der Waals surface area contributed by atoms with Crippen LogP contribution in [-0.4, -0.2) is 9.90 Å². The van der Waals surface area contributed by atoms with E-state index in [1.807, 2.05) is 55.5 Å². The highest BCUT2D eigenvalue weighted by Gasteiger charge is 2.13. The SMILES string of the molecule is Cc1cccc2c(=O)n(/C=C/c3ccccc3)[nH][n+]12. The molecular weight excluding hydrogens is 238 g/mol. The second-order valence-corrected chi connectivity index (χ2v) is 4.39. The Kier molecular flexibility index (Phi) is 2.76. The largest absolute Gasteiger partial charge is 0.405 e. The number of rotatable bonds is 2. The van der Waals surface area contributed by atoms with Crippen LogP contribution in [0.15, 0.2) is 53.3 Å². The quantitative estimate of drug-likeness (QED) is 0.695. The molecule has 0 bridgehead atoms. The molecule has 0 saturated heterocycles. The van der Waals surface area contributed by atoms with Gasteiger partial charge in [-0.05, 0) is 23.8 Å². The highest BCUT2D eigenvalue weighted by Crippen LogP contribution is 2.01. The number of hydrogen-bond acceptors (Lipinski definition) is 1. The molecule has 1 N–H and O–H groups in total. The predicted molar refractivity (Wildman–Crippen MR) is 74.6 cm³/mol. The topological polar surface area (TPSA) is 41.9 Å². The number of aryl methyl sites for hydroxylation is 1. The zero-order valence-electron chi connectivity index (χ0n) is 10.6. The number of hydrogen-bond donors (Lipinski definition) is 1. The molecule has 4 nitrogen and oxygen atoms in total. The number of nitrogens with one attached hydrogen (secondary N) is 1. The van der Waals surface area contributed by atoms with Gasteiger partial charge in [0.1, 0.15) is 11.9 Å². The van der Waals surface area contributed by atoms with Crippen molar-refractivity contribution in [1.82, 2.24) is 9.90 Å². The Morgan fingerprint density at radius 3 is 2.63 bits per heavy atom. The Morgan fingerprint density at radius 2 is 1.89 bits per heavy atom. The average molecular weight is 252 g/mol. The van der Waals surface area contributed by atoms with Crippen molar-refractivity contribution in [2.45, 2.75) is 6.92 Å². The van der Waals surface area contributed by atoms with Crippen molar-refractivity contribution in [2.75, 3.05) is 0 Å². The van der Waals surface area contributed by atoms with E-state index in [1.54, 1.807) is 16.8 Å². The van der Waals surface area contributed by atoms with E-state index in [1.165, 1.54) is 4.68 Å². The molecule has 3 aromatic rings. The fourth-order valence-electron chi connectivity index (χ4n) is 2.02. The Hall–Kier alpha value is -2.62. The molecule has 0 fully saturated rings. The molecule has 2 aromatic heterocycles. The first-order valence-electron chi connectivity index (χ1n) is 6.11. The third-order valence-electron chi connectivity index (χ3n) is 3.05. The second kappa shape index (κ2) is 4.57. The van der Waals surface area contributed by atoms with Gasteiger partial charge in [-0.15, -0.1) is 4.52 Å². The monoisotopic (exact) mass is 252 g/mol. The van der Waals surface area contributed by atoms with Gasteiger partial charge in [0.2, 0.25) is 5.52 Å². The van der Waals surface area contributed by atoms with E-state index in [4.69, 9.17) is 0 Å². The fraction of sp³-hybridized carbons (Fsp3) is 0.0667. The van der Waals surface area contributed by atoms with E-state index in [9.17, 15) is 4.79 Å². The van der Waals surface area contributed by atoms with Crippen molar-refractivity contribution >= 4 is 17.8 Å². The first-order valence-corrected chi connectivity index (χ1v) is 6.11. The molecule has 4 heteroatoms. The van der Waals surface area contributed by atoms with Crippen LogP contribution in [0, 0.1) is 6.92 Å². The summed E-state index contributed by atoms with van der Waals surface area (Å²) in [6.07, 6.45) is 3.64. The number of pyridine rings is 1. The van der Waals surface area contributed by atoms with Gasteiger partial charge in [-0.25, -0.2) is 4.79 Å². The van der Waals surface area contributed by atoms with Crippen molar-refractivity contribution in [3.05, 3.63) is 70.1 Å². The minimum Gasteiger partial charge on any atom is -0.234 e. The Bertz CT molecular complexity index is 797. The molecule has 19 heavy (non-hydrogen) atoms. The molecular formula is C15H14N3O+. The molecule has 0 unspecified atom stereocenters. The van der Waals surface area contributed by atoms with E-state index in [2.05, 4.69) is 5.21 Å².